The maximum Gasteiger partial charge on any atom is 0.250 e. The number of benzene rings is 1. The first-order valence-electron chi connectivity index (χ1n) is 18.5. The summed E-state index contributed by atoms with van der Waals surface area (Å²) in [5.41, 5.74) is 9.77. The number of hydrogen-bond acceptors (Lipinski definition) is 11. The van der Waals surface area contributed by atoms with Crippen LogP contribution in [0.25, 0.3) is 10.4 Å². The molecule has 2 aliphatic rings. The van der Waals surface area contributed by atoms with Gasteiger partial charge in [0.1, 0.15) is 24.5 Å². The molecule has 1 aromatic carbocycles. The minimum Gasteiger partial charge on any atom is -0.391 e. The zero-order valence-corrected chi connectivity index (χ0v) is 33.1. The SMILES string of the molecule is Cc1ncsc1-c1ccc([C@H](C)NC(=O)C2C[C@@H](O)CN2C(=O)[C@@H](NC(=O)COCCN2[C@H](C)CN(c3ccc(C(N)=O)cn3)C[C@@H]2C)C(C)(C)C)cc1. The van der Waals surface area contributed by atoms with E-state index < -0.39 is 41.3 Å². The predicted octanol–water partition coefficient (Wildman–Crippen LogP) is 2.90. The number of aromatic nitrogens is 2. The molecule has 5 rings (SSSR count). The molecule has 5 N–H and O–H groups in total. The van der Waals surface area contributed by atoms with Gasteiger partial charge in [0.25, 0.3) is 0 Å². The number of piperazine rings is 1. The Labute approximate surface area is 321 Å². The summed E-state index contributed by atoms with van der Waals surface area (Å²) in [7, 11) is 0. The number of thiazole rings is 1. The van der Waals surface area contributed by atoms with Gasteiger partial charge >= 0.3 is 0 Å². The zero-order chi connectivity index (χ0) is 39.3. The Morgan fingerprint density at radius 3 is 2.28 bits per heavy atom. The van der Waals surface area contributed by atoms with Gasteiger partial charge in [-0.05, 0) is 56.4 Å². The highest BCUT2D eigenvalue weighted by Crippen LogP contribution is 2.30. The molecular formula is C39H54N8O6S. The van der Waals surface area contributed by atoms with Crippen LogP contribution in [-0.4, -0.2) is 118 Å². The summed E-state index contributed by atoms with van der Waals surface area (Å²) in [5, 5.41) is 16.5. The molecule has 4 heterocycles. The van der Waals surface area contributed by atoms with Crippen molar-refractivity contribution in [1.29, 1.82) is 0 Å². The summed E-state index contributed by atoms with van der Waals surface area (Å²) in [5.74, 6) is -0.960. The predicted molar refractivity (Wildman–Crippen MR) is 208 cm³/mol. The number of amides is 4. The molecule has 6 atom stereocenters. The second kappa shape index (κ2) is 17.4. The van der Waals surface area contributed by atoms with Gasteiger partial charge in [0.05, 0.1) is 40.4 Å². The number of anilines is 1. The number of aliphatic hydroxyl groups is 1. The Balaban J connectivity index is 1.12. The molecule has 2 fully saturated rings. The van der Waals surface area contributed by atoms with Crippen LogP contribution in [0.5, 0.6) is 0 Å². The maximum absolute atomic E-state index is 14.0. The Bertz CT molecular complexity index is 1770. The van der Waals surface area contributed by atoms with Crippen LogP contribution in [0.4, 0.5) is 5.82 Å². The number of aliphatic hydroxyl groups excluding tert-OH is 1. The Kier molecular flexibility index (Phi) is 13.1. The lowest BCUT2D eigenvalue weighted by atomic mass is 9.85. The fourth-order valence-electron chi connectivity index (χ4n) is 7.26. The van der Waals surface area contributed by atoms with E-state index in [1.54, 1.807) is 23.5 Å². The first-order chi connectivity index (χ1) is 25.5. The van der Waals surface area contributed by atoms with E-state index in [0.717, 1.165) is 40.6 Å². The smallest absolute Gasteiger partial charge is 0.250 e. The molecule has 4 amide bonds. The van der Waals surface area contributed by atoms with Crippen molar-refractivity contribution in [2.24, 2.45) is 11.1 Å². The van der Waals surface area contributed by atoms with Crippen LogP contribution < -0.4 is 21.3 Å². The van der Waals surface area contributed by atoms with E-state index in [1.165, 1.54) is 11.1 Å². The van der Waals surface area contributed by atoms with Crippen molar-refractivity contribution < 1.29 is 29.0 Å². The molecule has 0 saturated carbocycles. The number of nitrogens with zero attached hydrogens (tertiary/aromatic N) is 5. The number of aryl methyl sites for hydroxylation is 1. The number of rotatable bonds is 13. The van der Waals surface area contributed by atoms with Crippen molar-refractivity contribution in [2.75, 3.05) is 44.3 Å². The van der Waals surface area contributed by atoms with E-state index in [-0.39, 0.29) is 43.6 Å². The highest BCUT2D eigenvalue weighted by Gasteiger charge is 2.44. The van der Waals surface area contributed by atoms with Gasteiger partial charge in [-0.2, -0.15) is 0 Å². The second-order valence-corrected chi connectivity index (χ2v) is 16.4. The van der Waals surface area contributed by atoms with Crippen molar-refractivity contribution in [3.8, 4) is 10.4 Å². The van der Waals surface area contributed by atoms with E-state index in [9.17, 15) is 24.3 Å². The quantitative estimate of drug-likeness (QED) is 0.189. The largest absolute Gasteiger partial charge is 0.391 e. The molecule has 0 spiro atoms. The molecule has 54 heavy (non-hydrogen) atoms. The van der Waals surface area contributed by atoms with E-state index in [1.807, 2.05) is 64.4 Å². The third-order valence-electron chi connectivity index (χ3n) is 10.2. The monoisotopic (exact) mass is 762 g/mol. The molecule has 0 bridgehead atoms. The van der Waals surface area contributed by atoms with Crippen LogP contribution in [0.3, 0.4) is 0 Å². The van der Waals surface area contributed by atoms with E-state index in [0.29, 0.717) is 18.7 Å². The van der Waals surface area contributed by atoms with Gasteiger partial charge in [-0.25, -0.2) is 9.97 Å². The molecule has 0 radical (unpaired) electrons. The minimum absolute atomic E-state index is 0.00841. The van der Waals surface area contributed by atoms with Gasteiger partial charge in [-0.15, -0.1) is 11.3 Å². The fourth-order valence-corrected chi connectivity index (χ4v) is 8.07. The van der Waals surface area contributed by atoms with Crippen molar-refractivity contribution >= 4 is 40.8 Å². The molecule has 15 heteroatoms. The van der Waals surface area contributed by atoms with Crippen LogP contribution in [0.15, 0.2) is 48.1 Å². The third kappa shape index (κ3) is 9.80. The number of β-amino-alcohol motifs (C(OH)–C–C–N with tert-alkyl or cyclic N) is 1. The number of likely N-dealkylation sites (tertiary alicyclic amines) is 1. The summed E-state index contributed by atoms with van der Waals surface area (Å²) < 4.78 is 5.80. The Morgan fingerprint density at radius 1 is 1.02 bits per heavy atom. The fraction of sp³-hybridized carbons (Fsp3) is 0.538. The zero-order valence-electron chi connectivity index (χ0n) is 32.2. The number of ether oxygens (including phenoxy) is 1. The summed E-state index contributed by atoms with van der Waals surface area (Å²) in [6, 6.07) is 9.60. The Hall–Kier alpha value is -4.44. The highest BCUT2D eigenvalue weighted by atomic mass is 32.1. The van der Waals surface area contributed by atoms with Crippen LogP contribution >= 0.6 is 11.3 Å². The van der Waals surface area contributed by atoms with Crippen molar-refractivity contribution in [1.82, 2.24) is 30.4 Å². The van der Waals surface area contributed by atoms with Gasteiger partial charge < -0.3 is 36.0 Å². The van der Waals surface area contributed by atoms with Gasteiger partial charge in [0, 0.05) is 50.9 Å². The first-order valence-corrected chi connectivity index (χ1v) is 19.3. The van der Waals surface area contributed by atoms with Crippen molar-refractivity contribution in [2.45, 2.75) is 91.2 Å². The van der Waals surface area contributed by atoms with Crippen molar-refractivity contribution in [3.63, 3.8) is 0 Å². The molecule has 292 valence electrons. The normalized spacial score (nSPS) is 21.8. The number of carbonyl (C=O) groups excluding carboxylic acids is 4. The molecule has 0 aliphatic carbocycles. The summed E-state index contributed by atoms with van der Waals surface area (Å²) in [6.45, 7) is 15.8. The molecular weight excluding hydrogens is 709 g/mol. The number of nitrogens with one attached hydrogen (secondary N) is 2. The number of hydrogen-bond donors (Lipinski definition) is 4. The second-order valence-electron chi connectivity index (χ2n) is 15.5. The van der Waals surface area contributed by atoms with E-state index in [4.69, 9.17) is 10.5 Å². The molecule has 14 nitrogen and oxygen atoms in total. The standard InChI is InChI=1S/C39H54N8O6S/c1-23-18-45(32-13-12-29(17-41-32)36(40)50)19-24(2)46(23)14-15-53-21-33(49)44-35(39(5,6)7)38(52)47-20-30(48)16-31(47)37(51)43-25(3)27-8-10-28(11-9-27)34-26(4)42-22-54-34/h8-13,17,22-25,30-31,35,48H,14-16,18-21H2,1-7H3,(H2,40,50)(H,43,51)(H,44,49)/t23-,24+,25-,30+,31?,35+/m0/s1. The van der Waals surface area contributed by atoms with Crippen LogP contribution in [0.2, 0.25) is 0 Å². The average molecular weight is 763 g/mol. The molecule has 3 aromatic rings. The topological polar surface area (TPSA) is 183 Å². The molecule has 2 aliphatic heterocycles. The van der Waals surface area contributed by atoms with Crippen molar-refractivity contribution in [3.05, 3.63) is 64.9 Å². The first kappa shape index (κ1) is 40.7. The lowest BCUT2D eigenvalue weighted by molar-refractivity contribution is -0.144. The maximum atomic E-state index is 14.0. The van der Waals surface area contributed by atoms with Crippen LogP contribution in [0.1, 0.15) is 75.6 Å². The van der Waals surface area contributed by atoms with Gasteiger partial charge in [0.2, 0.25) is 23.6 Å². The minimum atomic E-state index is -0.951. The highest BCUT2D eigenvalue weighted by molar-refractivity contribution is 7.13. The third-order valence-corrected chi connectivity index (χ3v) is 11.2. The summed E-state index contributed by atoms with van der Waals surface area (Å²) in [4.78, 5) is 68.0. The average Bonchev–Trinajstić information content (AvgIpc) is 3.74. The van der Waals surface area contributed by atoms with Gasteiger partial charge in [-0.3, -0.25) is 24.1 Å². The van der Waals surface area contributed by atoms with Gasteiger partial charge in [0.15, 0.2) is 0 Å². The summed E-state index contributed by atoms with van der Waals surface area (Å²) >= 11 is 1.58. The lowest BCUT2D eigenvalue weighted by Gasteiger charge is -2.45. The number of carbonyl (C=O) groups is 4. The summed E-state index contributed by atoms with van der Waals surface area (Å²) in [6.07, 6.45) is 0.727. The number of pyridine rings is 1. The Morgan fingerprint density at radius 2 is 1.70 bits per heavy atom. The number of primary amides is 1. The number of nitrogens with two attached hydrogens (primary N) is 1. The molecule has 1 unspecified atom stereocenters. The van der Waals surface area contributed by atoms with Gasteiger partial charge in [-0.1, -0.05) is 45.0 Å². The van der Waals surface area contributed by atoms with Crippen LogP contribution in [-0.2, 0) is 19.1 Å². The van der Waals surface area contributed by atoms with E-state index in [2.05, 4.69) is 44.2 Å². The van der Waals surface area contributed by atoms with Crippen LogP contribution in [0, 0.1) is 12.3 Å². The van der Waals surface area contributed by atoms with E-state index >= 15 is 0 Å². The lowest BCUT2D eigenvalue weighted by Crippen LogP contribution is -2.58. The molecule has 2 saturated heterocycles. The molecule has 2 aromatic heterocycles.